The van der Waals surface area contributed by atoms with E-state index in [2.05, 4.69) is 13.8 Å². The van der Waals surface area contributed by atoms with Crippen LogP contribution in [0, 0.1) is 11.3 Å². The van der Waals surface area contributed by atoms with Crippen LogP contribution in [0.3, 0.4) is 0 Å². The molecule has 0 fully saturated rings. The molecule has 0 bridgehead atoms. The van der Waals surface area contributed by atoms with E-state index >= 15 is 0 Å². The average Bonchev–Trinajstić information content (AvgIpc) is 2.54. The van der Waals surface area contributed by atoms with Gasteiger partial charge in [0, 0.05) is 25.1 Å². The van der Waals surface area contributed by atoms with Crippen LogP contribution >= 0.6 is 0 Å². The molecule has 0 unspecified atom stereocenters. The molecule has 0 heterocycles. The van der Waals surface area contributed by atoms with Crippen molar-refractivity contribution in [1.29, 1.82) is 0 Å². The highest BCUT2D eigenvalue weighted by atomic mass is 32.2. The molecule has 6 nitrogen and oxygen atoms in total. The summed E-state index contributed by atoms with van der Waals surface area (Å²) in [5, 5.41) is 0. The van der Waals surface area contributed by atoms with E-state index in [1.54, 1.807) is 4.90 Å². The van der Waals surface area contributed by atoms with Crippen LogP contribution in [0.25, 0.3) is 0 Å². The monoisotopic (exact) mass is 409 g/mol. The van der Waals surface area contributed by atoms with Crippen molar-refractivity contribution in [2.24, 2.45) is 11.3 Å². The van der Waals surface area contributed by atoms with E-state index in [0.29, 0.717) is 25.5 Å². The third-order valence-electron chi connectivity index (χ3n) is 4.86. The van der Waals surface area contributed by atoms with Gasteiger partial charge in [0.05, 0.1) is 11.4 Å². The van der Waals surface area contributed by atoms with Gasteiger partial charge in [0.15, 0.2) is 0 Å². The summed E-state index contributed by atoms with van der Waals surface area (Å²) in [4.78, 5) is 14.4. The van der Waals surface area contributed by atoms with Crippen LogP contribution in [-0.4, -0.2) is 54.8 Å². The van der Waals surface area contributed by atoms with Crippen molar-refractivity contribution in [1.82, 2.24) is 4.90 Å². The van der Waals surface area contributed by atoms with Gasteiger partial charge in [0.1, 0.15) is 0 Å². The van der Waals surface area contributed by atoms with Crippen molar-refractivity contribution in [2.45, 2.75) is 87.2 Å². The average molecular weight is 410 g/mol. The van der Waals surface area contributed by atoms with Gasteiger partial charge >= 0.3 is 0 Å². The summed E-state index contributed by atoms with van der Waals surface area (Å²) in [7, 11) is -4.09. The van der Waals surface area contributed by atoms with Gasteiger partial charge in [0.2, 0.25) is 5.91 Å². The van der Waals surface area contributed by atoms with Gasteiger partial charge in [-0.05, 0) is 32.6 Å². The summed E-state index contributed by atoms with van der Waals surface area (Å²) in [6, 6.07) is 0. The molecule has 164 valence electrons. The Hall–Kier alpha value is -0.660. The number of hydrogen-bond donors (Lipinski definition) is 1. The molecule has 1 amide bonds. The molecule has 0 aromatic rings. The van der Waals surface area contributed by atoms with E-state index in [9.17, 15) is 13.2 Å². The van der Waals surface area contributed by atoms with Gasteiger partial charge in [-0.15, -0.1) is 0 Å². The van der Waals surface area contributed by atoms with E-state index in [-0.39, 0.29) is 18.1 Å². The lowest BCUT2D eigenvalue weighted by Gasteiger charge is -2.34. The second kappa shape index (κ2) is 12.7. The summed E-state index contributed by atoms with van der Waals surface area (Å²) in [5.74, 6) is -0.173. The van der Waals surface area contributed by atoms with E-state index in [1.165, 1.54) is 0 Å². The quantitative estimate of drug-likeness (QED) is 0.483. The standard InChI is InChI=1S/C18H37NO5S.C2H6/c1-8-9-11-19(12-14-25(21,22)23)16(20)17(4,5)10-13-24-18(6,7)15(2)3;1-2/h15H,8-14H2,1-7H3,(H,21,22,23);1-2H3. The molecule has 7 heteroatoms. The van der Waals surface area contributed by atoms with Crippen LogP contribution in [0.5, 0.6) is 0 Å². The largest absolute Gasteiger partial charge is 0.375 e. The first-order valence-electron chi connectivity index (χ1n) is 10.1. The zero-order valence-electron chi connectivity index (χ0n) is 19.0. The summed E-state index contributed by atoms with van der Waals surface area (Å²) in [6.07, 6.45) is 2.25. The Labute approximate surface area is 167 Å². The topological polar surface area (TPSA) is 83.9 Å². The van der Waals surface area contributed by atoms with Crippen LogP contribution in [0.15, 0.2) is 0 Å². The Kier molecular flexibility index (Phi) is 13.5. The Morgan fingerprint density at radius 3 is 2.04 bits per heavy atom. The first-order valence-corrected chi connectivity index (χ1v) is 11.7. The predicted molar refractivity (Wildman–Crippen MR) is 113 cm³/mol. The molecular weight excluding hydrogens is 366 g/mol. The lowest BCUT2D eigenvalue weighted by atomic mass is 9.87. The molecule has 0 aromatic heterocycles. The Bertz CT molecular complexity index is 512. The van der Waals surface area contributed by atoms with Gasteiger partial charge in [-0.1, -0.05) is 54.9 Å². The highest BCUT2D eigenvalue weighted by Crippen LogP contribution is 2.27. The molecule has 0 saturated heterocycles. The minimum Gasteiger partial charge on any atom is -0.375 e. The molecule has 27 heavy (non-hydrogen) atoms. The summed E-state index contributed by atoms with van der Waals surface area (Å²) in [6.45, 7) is 18.9. The van der Waals surface area contributed by atoms with E-state index < -0.39 is 21.3 Å². The molecule has 0 aliphatic heterocycles. The number of ether oxygens (including phenoxy) is 1. The normalized spacial score (nSPS) is 12.6. The van der Waals surface area contributed by atoms with Crippen molar-refractivity contribution in [2.75, 3.05) is 25.4 Å². The zero-order chi connectivity index (χ0) is 21.9. The van der Waals surface area contributed by atoms with Gasteiger partial charge in [0.25, 0.3) is 10.1 Å². The van der Waals surface area contributed by atoms with Gasteiger partial charge < -0.3 is 9.64 Å². The summed E-state index contributed by atoms with van der Waals surface area (Å²) < 4.78 is 37.0. The second-order valence-electron chi connectivity index (χ2n) is 8.17. The van der Waals surface area contributed by atoms with Crippen molar-refractivity contribution < 1.29 is 22.5 Å². The highest BCUT2D eigenvalue weighted by molar-refractivity contribution is 7.85. The lowest BCUT2D eigenvalue weighted by Crippen LogP contribution is -2.44. The molecule has 1 N–H and O–H groups in total. The molecule has 0 saturated carbocycles. The Morgan fingerprint density at radius 1 is 1.11 bits per heavy atom. The first kappa shape index (κ1) is 28.5. The predicted octanol–water partition coefficient (Wildman–Crippen LogP) is 4.40. The van der Waals surface area contributed by atoms with Crippen LogP contribution < -0.4 is 0 Å². The molecule has 0 rings (SSSR count). The smallest absolute Gasteiger partial charge is 0.266 e. The fourth-order valence-corrected chi connectivity index (χ4v) is 2.61. The molecule has 0 aliphatic rings. The number of carbonyl (C=O) groups is 1. The number of unbranched alkanes of at least 4 members (excludes halogenated alkanes) is 1. The maximum atomic E-state index is 12.9. The van der Waals surface area contributed by atoms with E-state index in [4.69, 9.17) is 9.29 Å². The van der Waals surface area contributed by atoms with Crippen molar-refractivity contribution >= 4 is 16.0 Å². The highest BCUT2D eigenvalue weighted by Gasteiger charge is 2.33. The number of rotatable bonds is 12. The fourth-order valence-electron chi connectivity index (χ4n) is 2.16. The second-order valence-corrected chi connectivity index (χ2v) is 9.74. The first-order chi connectivity index (χ1) is 12.2. The zero-order valence-corrected chi connectivity index (χ0v) is 19.8. The van der Waals surface area contributed by atoms with Crippen molar-refractivity contribution in [3.05, 3.63) is 0 Å². The van der Waals surface area contributed by atoms with Crippen LogP contribution in [0.2, 0.25) is 0 Å². The molecular formula is C20H43NO5S. The molecule has 0 aromatic carbocycles. The van der Waals surface area contributed by atoms with E-state index in [1.807, 2.05) is 48.5 Å². The molecule has 0 radical (unpaired) electrons. The Morgan fingerprint density at radius 2 is 1.63 bits per heavy atom. The number of carbonyl (C=O) groups excluding carboxylic acids is 1. The number of nitrogens with zero attached hydrogens (tertiary/aromatic N) is 1. The molecule has 0 aliphatic carbocycles. The third kappa shape index (κ3) is 12.4. The van der Waals surface area contributed by atoms with Crippen LogP contribution in [0.1, 0.15) is 81.6 Å². The Balaban J connectivity index is 0. The minimum absolute atomic E-state index is 0.0133. The van der Waals surface area contributed by atoms with Crippen LogP contribution in [0.4, 0.5) is 0 Å². The third-order valence-corrected chi connectivity index (χ3v) is 5.56. The maximum Gasteiger partial charge on any atom is 0.266 e. The van der Waals surface area contributed by atoms with Gasteiger partial charge in [-0.3, -0.25) is 9.35 Å². The van der Waals surface area contributed by atoms with Gasteiger partial charge in [-0.25, -0.2) is 0 Å². The van der Waals surface area contributed by atoms with Crippen molar-refractivity contribution in [3.8, 4) is 0 Å². The lowest BCUT2D eigenvalue weighted by molar-refractivity contribution is -0.142. The van der Waals surface area contributed by atoms with Crippen molar-refractivity contribution in [3.63, 3.8) is 0 Å². The molecule has 0 spiro atoms. The summed E-state index contributed by atoms with van der Waals surface area (Å²) in [5.41, 5.74) is -0.911. The minimum atomic E-state index is -4.09. The number of amides is 1. The van der Waals surface area contributed by atoms with E-state index in [0.717, 1.165) is 12.8 Å². The number of hydrogen-bond acceptors (Lipinski definition) is 4. The van der Waals surface area contributed by atoms with Gasteiger partial charge in [-0.2, -0.15) is 8.42 Å². The maximum absolute atomic E-state index is 12.9. The SMILES string of the molecule is CC.CCCCN(CCS(=O)(=O)O)C(=O)C(C)(C)CCOC(C)(C)C(C)C. The fraction of sp³-hybridized carbons (Fsp3) is 0.950. The molecule has 0 atom stereocenters. The van der Waals surface area contributed by atoms with Crippen LogP contribution in [-0.2, 0) is 19.6 Å². The summed E-state index contributed by atoms with van der Waals surface area (Å²) >= 11 is 0.